The minimum atomic E-state index is -0.909. The summed E-state index contributed by atoms with van der Waals surface area (Å²) in [6.07, 6.45) is 2.70. The monoisotopic (exact) mass is 318 g/mol. The molecule has 0 unspecified atom stereocenters. The van der Waals surface area contributed by atoms with Gasteiger partial charge in [0.05, 0.1) is 11.0 Å². The van der Waals surface area contributed by atoms with Crippen LogP contribution >= 0.6 is 0 Å². The fourth-order valence-electron chi connectivity index (χ4n) is 3.13. The van der Waals surface area contributed by atoms with E-state index in [4.69, 9.17) is 5.11 Å². The molecule has 0 fully saturated rings. The summed E-state index contributed by atoms with van der Waals surface area (Å²) >= 11 is 0. The average molecular weight is 318 g/mol. The highest BCUT2D eigenvalue weighted by atomic mass is 16.4. The summed E-state index contributed by atoms with van der Waals surface area (Å²) in [6.45, 7) is 7.13. The maximum atomic E-state index is 11.2. The molecule has 1 heterocycles. The first kappa shape index (κ1) is 17.2. The fraction of sp³-hybridized carbons (Fsp3) is 0.500. The number of aliphatic carboxylic acids is 1. The number of carboxylic acids is 2. The molecular weight excluding hydrogens is 294 g/mol. The first-order valence-corrected chi connectivity index (χ1v) is 7.96. The number of carboxylic acid groups (broad SMARTS) is 2. The van der Waals surface area contributed by atoms with Crippen molar-refractivity contribution in [2.45, 2.75) is 51.9 Å². The Morgan fingerprint density at radius 2 is 1.83 bits per heavy atom. The van der Waals surface area contributed by atoms with E-state index in [-0.39, 0.29) is 11.8 Å². The summed E-state index contributed by atoms with van der Waals surface area (Å²) in [4.78, 5) is 21.7. The summed E-state index contributed by atoms with van der Waals surface area (Å²) in [6, 6.07) is 5.30. The van der Waals surface area contributed by atoms with Gasteiger partial charge in [-0.05, 0) is 38.8 Å². The Labute approximate surface area is 136 Å². The molecule has 0 amide bonds. The van der Waals surface area contributed by atoms with Crippen LogP contribution in [0.1, 0.15) is 62.4 Å². The molecule has 2 N–H and O–H groups in total. The number of unbranched alkanes of at least 4 members (excludes halogenated alkanes) is 2. The number of nitrogens with zero attached hydrogens (tertiary/aromatic N) is 1. The number of hydrogen-bond acceptors (Lipinski definition) is 2. The van der Waals surface area contributed by atoms with Crippen LogP contribution in [0.3, 0.4) is 0 Å². The highest BCUT2D eigenvalue weighted by Gasteiger charge is 2.43. The minimum Gasteiger partial charge on any atom is -0.481 e. The third-order valence-electron chi connectivity index (χ3n) is 4.79. The first-order valence-electron chi connectivity index (χ1n) is 7.96. The minimum absolute atomic E-state index is 0.193. The van der Waals surface area contributed by atoms with Crippen LogP contribution in [0.25, 0.3) is 0 Å². The molecule has 0 aromatic heterocycles. The number of benzene rings is 1. The van der Waals surface area contributed by atoms with Crippen LogP contribution in [-0.2, 0) is 10.2 Å². The predicted octanol–water partition coefficient (Wildman–Crippen LogP) is 3.43. The Balaban J connectivity index is 2.17. The molecule has 0 spiro atoms. The number of rotatable bonds is 7. The molecule has 2 rings (SSSR count). The van der Waals surface area contributed by atoms with Gasteiger partial charge < -0.3 is 10.2 Å². The Morgan fingerprint density at radius 1 is 1.13 bits per heavy atom. The molecule has 1 aromatic carbocycles. The van der Waals surface area contributed by atoms with E-state index in [1.54, 1.807) is 12.1 Å². The quantitative estimate of drug-likeness (QED) is 0.596. The molecule has 5 nitrogen and oxygen atoms in total. The van der Waals surface area contributed by atoms with E-state index in [1.165, 1.54) is 5.71 Å². The maximum absolute atomic E-state index is 11.2. The van der Waals surface area contributed by atoms with E-state index < -0.39 is 11.9 Å². The molecule has 0 aliphatic carbocycles. The lowest BCUT2D eigenvalue weighted by Crippen LogP contribution is -2.26. The van der Waals surface area contributed by atoms with Crippen LogP contribution < -0.4 is 0 Å². The third-order valence-corrected chi connectivity index (χ3v) is 4.79. The largest absolute Gasteiger partial charge is 0.481 e. The van der Waals surface area contributed by atoms with Crippen molar-refractivity contribution in [1.82, 2.24) is 0 Å². The highest BCUT2D eigenvalue weighted by Crippen LogP contribution is 2.40. The Hall–Kier alpha value is -2.17. The Kier molecular flexibility index (Phi) is 4.88. The number of fused-ring (bicyclic) bond motifs is 1. The topological polar surface area (TPSA) is 77.6 Å². The number of hydrogen-bond donors (Lipinski definition) is 2. The van der Waals surface area contributed by atoms with Crippen LogP contribution in [0.2, 0.25) is 0 Å². The smallest absolute Gasteiger partial charge is 0.335 e. The Morgan fingerprint density at radius 3 is 2.43 bits per heavy atom. The van der Waals surface area contributed by atoms with E-state index in [1.807, 2.05) is 6.07 Å². The molecule has 124 valence electrons. The van der Waals surface area contributed by atoms with E-state index in [0.717, 1.165) is 30.6 Å². The highest BCUT2D eigenvalue weighted by molar-refractivity contribution is 5.95. The second-order valence-corrected chi connectivity index (χ2v) is 6.60. The molecule has 0 radical (unpaired) electrons. The summed E-state index contributed by atoms with van der Waals surface area (Å²) in [5.74, 6) is -1.66. The third kappa shape index (κ3) is 3.44. The lowest BCUT2D eigenvalue weighted by atomic mass is 9.81. The zero-order valence-corrected chi connectivity index (χ0v) is 13.9. The molecule has 0 saturated heterocycles. The standard InChI is InChI=1S/C18H23NO4/c1-12-18(2,3)14-11-13(17(22)23)8-9-15(14)19(12)10-6-4-5-7-16(20)21/h8-9,11H,4-7,10H2,1-3H3,(H-,20,21,22,23)/p+1. The van der Waals surface area contributed by atoms with Gasteiger partial charge in [0.15, 0.2) is 5.71 Å². The number of carbonyl (C=O) groups is 2. The summed E-state index contributed by atoms with van der Waals surface area (Å²) in [7, 11) is 0. The number of aromatic carboxylic acids is 1. The van der Waals surface area contributed by atoms with Gasteiger partial charge in [-0.2, -0.15) is 4.58 Å². The molecule has 1 aliphatic rings. The van der Waals surface area contributed by atoms with E-state index >= 15 is 0 Å². The normalized spacial score (nSPS) is 15.6. The van der Waals surface area contributed by atoms with E-state index in [0.29, 0.717) is 12.0 Å². The van der Waals surface area contributed by atoms with Gasteiger partial charge in [-0.1, -0.05) is 0 Å². The second kappa shape index (κ2) is 6.52. The fourth-order valence-corrected chi connectivity index (χ4v) is 3.13. The van der Waals surface area contributed by atoms with Gasteiger partial charge in [0, 0.05) is 31.4 Å². The van der Waals surface area contributed by atoms with Gasteiger partial charge in [0.1, 0.15) is 6.54 Å². The zero-order valence-electron chi connectivity index (χ0n) is 13.9. The SMILES string of the molecule is CC1=[N+](CCCCCC(=O)O)c2ccc(C(=O)O)cc2C1(C)C. The van der Waals surface area contributed by atoms with Crippen molar-refractivity contribution < 1.29 is 24.4 Å². The van der Waals surface area contributed by atoms with Crippen LogP contribution in [0.15, 0.2) is 18.2 Å². The lowest BCUT2D eigenvalue weighted by Gasteiger charge is -2.15. The lowest BCUT2D eigenvalue weighted by molar-refractivity contribution is -0.439. The van der Waals surface area contributed by atoms with E-state index in [9.17, 15) is 14.7 Å². The molecule has 5 heteroatoms. The zero-order chi connectivity index (χ0) is 17.2. The second-order valence-electron chi connectivity index (χ2n) is 6.60. The summed E-state index contributed by atoms with van der Waals surface area (Å²) < 4.78 is 2.24. The molecule has 1 aliphatic heterocycles. The average Bonchev–Trinajstić information content (AvgIpc) is 2.67. The molecule has 0 saturated carbocycles. The predicted molar refractivity (Wildman–Crippen MR) is 88.0 cm³/mol. The van der Waals surface area contributed by atoms with Crippen LogP contribution in [0, 0.1) is 0 Å². The van der Waals surface area contributed by atoms with Crippen LogP contribution in [-0.4, -0.2) is 39.0 Å². The molecular formula is C18H24NO4+. The van der Waals surface area contributed by atoms with Crippen molar-refractivity contribution in [3.63, 3.8) is 0 Å². The van der Waals surface area contributed by atoms with Gasteiger partial charge in [-0.15, -0.1) is 0 Å². The molecule has 23 heavy (non-hydrogen) atoms. The van der Waals surface area contributed by atoms with Crippen molar-refractivity contribution >= 4 is 23.3 Å². The van der Waals surface area contributed by atoms with Crippen molar-refractivity contribution in [3.05, 3.63) is 29.3 Å². The van der Waals surface area contributed by atoms with E-state index in [2.05, 4.69) is 25.3 Å². The molecule has 0 bridgehead atoms. The maximum Gasteiger partial charge on any atom is 0.335 e. The van der Waals surface area contributed by atoms with Crippen molar-refractivity contribution in [3.8, 4) is 0 Å². The van der Waals surface area contributed by atoms with Gasteiger partial charge in [0.25, 0.3) is 0 Å². The van der Waals surface area contributed by atoms with Crippen molar-refractivity contribution in [2.24, 2.45) is 0 Å². The van der Waals surface area contributed by atoms with Gasteiger partial charge in [-0.3, -0.25) is 4.79 Å². The Bertz CT molecular complexity index is 674. The van der Waals surface area contributed by atoms with Crippen molar-refractivity contribution in [1.29, 1.82) is 0 Å². The first-order chi connectivity index (χ1) is 10.7. The van der Waals surface area contributed by atoms with Gasteiger partial charge in [0.2, 0.25) is 5.69 Å². The summed E-state index contributed by atoms with van der Waals surface area (Å²) in [5, 5.41) is 17.9. The van der Waals surface area contributed by atoms with Gasteiger partial charge >= 0.3 is 11.9 Å². The van der Waals surface area contributed by atoms with Crippen LogP contribution in [0.5, 0.6) is 0 Å². The molecule has 1 aromatic rings. The van der Waals surface area contributed by atoms with Crippen LogP contribution in [0.4, 0.5) is 5.69 Å². The van der Waals surface area contributed by atoms with Crippen molar-refractivity contribution in [2.75, 3.05) is 6.54 Å². The summed E-state index contributed by atoms with van der Waals surface area (Å²) in [5.41, 5.74) is 3.43. The molecule has 0 atom stereocenters. The van der Waals surface area contributed by atoms with Gasteiger partial charge in [-0.25, -0.2) is 4.79 Å².